The van der Waals surface area contributed by atoms with E-state index in [0.29, 0.717) is 10.2 Å². The number of benzene rings is 1. The van der Waals surface area contributed by atoms with Gasteiger partial charge in [-0.3, -0.25) is 9.71 Å². The fourth-order valence-corrected chi connectivity index (χ4v) is 3.46. The number of methoxy groups -OCH3 is 1. The van der Waals surface area contributed by atoms with Gasteiger partial charge >= 0.3 is 0 Å². The van der Waals surface area contributed by atoms with Gasteiger partial charge in [0.05, 0.1) is 33.4 Å². The first-order valence-electron chi connectivity index (χ1n) is 5.40. The fraction of sp³-hybridized carbons (Fsp3) is 0.0833. The molecule has 1 aromatic carbocycles. The topological polar surface area (TPSA) is 68.3 Å². The summed E-state index contributed by atoms with van der Waals surface area (Å²) < 4.78 is 32.5. The summed E-state index contributed by atoms with van der Waals surface area (Å²) in [6.45, 7) is 0. The third-order valence-corrected chi connectivity index (χ3v) is 4.76. The van der Waals surface area contributed by atoms with Gasteiger partial charge in [-0.2, -0.15) is 0 Å². The molecule has 0 amide bonds. The fourth-order valence-electron chi connectivity index (χ4n) is 1.47. The quantitative estimate of drug-likeness (QED) is 0.887. The standard InChI is InChI=1S/C12H10BrClN2O3S/c1-19-12-3-2-8(6-9(12)13)20(17,18)16-11-7-15-5-4-10(11)14/h2-7,16H,1H3. The van der Waals surface area contributed by atoms with E-state index in [1.165, 1.54) is 37.7 Å². The molecular formula is C12H10BrClN2O3S. The Hall–Kier alpha value is -1.31. The number of sulfonamides is 1. The van der Waals surface area contributed by atoms with Gasteiger partial charge in [-0.05, 0) is 40.2 Å². The number of hydrogen-bond acceptors (Lipinski definition) is 4. The van der Waals surface area contributed by atoms with Crippen LogP contribution in [0.5, 0.6) is 5.75 Å². The van der Waals surface area contributed by atoms with E-state index in [4.69, 9.17) is 16.3 Å². The highest BCUT2D eigenvalue weighted by atomic mass is 79.9. The average Bonchev–Trinajstić information content (AvgIpc) is 2.41. The van der Waals surface area contributed by atoms with E-state index in [1.54, 1.807) is 6.07 Å². The number of aromatic nitrogens is 1. The Labute approximate surface area is 130 Å². The van der Waals surface area contributed by atoms with Crippen LogP contribution in [0.1, 0.15) is 0 Å². The Kier molecular flexibility index (Phi) is 4.52. The molecule has 0 radical (unpaired) electrons. The molecule has 0 fully saturated rings. The molecule has 20 heavy (non-hydrogen) atoms. The number of pyridine rings is 1. The molecule has 0 aliphatic heterocycles. The van der Waals surface area contributed by atoms with Crippen molar-refractivity contribution >= 4 is 43.2 Å². The van der Waals surface area contributed by atoms with Gasteiger partial charge in [0.15, 0.2) is 0 Å². The van der Waals surface area contributed by atoms with Gasteiger partial charge in [0.2, 0.25) is 0 Å². The van der Waals surface area contributed by atoms with Gasteiger partial charge in [-0.25, -0.2) is 8.42 Å². The van der Waals surface area contributed by atoms with Gasteiger partial charge in [-0.1, -0.05) is 11.6 Å². The van der Waals surface area contributed by atoms with E-state index >= 15 is 0 Å². The Morgan fingerprint density at radius 1 is 1.35 bits per heavy atom. The summed E-state index contributed by atoms with van der Waals surface area (Å²) in [5.74, 6) is 0.545. The molecule has 0 atom stereocenters. The average molecular weight is 378 g/mol. The zero-order valence-electron chi connectivity index (χ0n) is 10.3. The smallest absolute Gasteiger partial charge is 0.262 e. The van der Waals surface area contributed by atoms with Crippen LogP contribution in [0.4, 0.5) is 5.69 Å². The highest BCUT2D eigenvalue weighted by Crippen LogP contribution is 2.29. The monoisotopic (exact) mass is 376 g/mol. The Bertz CT molecular complexity index is 737. The molecule has 5 nitrogen and oxygen atoms in total. The van der Waals surface area contributed by atoms with Crippen molar-refractivity contribution in [2.45, 2.75) is 4.90 Å². The van der Waals surface area contributed by atoms with Crippen molar-refractivity contribution in [3.8, 4) is 5.75 Å². The van der Waals surface area contributed by atoms with Crippen molar-refractivity contribution in [2.75, 3.05) is 11.8 Å². The lowest BCUT2D eigenvalue weighted by Crippen LogP contribution is -2.13. The van der Waals surface area contributed by atoms with Crippen LogP contribution in [0, 0.1) is 0 Å². The Morgan fingerprint density at radius 2 is 2.10 bits per heavy atom. The minimum absolute atomic E-state index is 0.0881. The minimum Gasteiger partial charge on any atom is -0.496 e. The van der Waals surface area contributed by atoms with E-state index in [9.17, 15) is 8.42 Å². The summed E-state index contributed by atoms with van der Waals surface area (Å²) in [5, 5.41) is 0.274. The lowest BCUT2D eigenvalue weighted by atomic mass is 10.3. The summed E-state index contributed by atoms with van der Waals surface area (Å²) in [5.41, 5.74) is 0.223. The largest absolute Gasteiger partial charge is 0.496 e. The SMILES string of the molecule is COc1ccc(S(=O)(=O)Nc2cnccc2Cl)cc1Br. The van der Waals surface area contributed by atoms with Crippen LogP contribution >= 0.6 is 27.5 Å². The van der Waals surface area contributed by atoms with Crippen LogP contribution in [0.25, 0.3) is 0 Å². The van der Waals surface area contributed by atoms with E-state index < -0.39 is 10.0 Å². The molecule has 1 N–H and O–H groups in total. The maximum absolute atomic E-state index is 12.2. The Morgan fingerprint density at radius 3 is 2.70 bits per heavy atom. The maximum Gasteiger partial charge on any atom is 0.262 e. The van der Waals surface area contributed by atoms with Crippen molar-refractivity contribution in [3.05, 3.63) is 46.2 Å². The molecule has 0 aliphatic rings. The summed E-state index contributed by atoms with van der Waals surface area (Å²) in [4.78, 5) is 3.92. The second kappa shape index (κ2) is 5.99. The molecule has 0 spiro atoms. The van der Waals surface area contributed by atoms with E-state index in [0.717, 1.165) is 0 Å². The van der Waals surface area contributed by atoms with E-state index in [1.807, 2.05) is 0 Å². The number of anilines is 1. The van der Waals surface area contributed by atoms with Crippen molar-refractivity contribution in [1.29, 1.82) is 0 Å². The summed E-state index contributed by atoms with van der Waals surface area (Å²) in [6, 6.07) is 5.95. The van der Waals surface area contributed by atoms with Crippen molar-refractivity contribution in [3.63, 3.8) is 0 Å². The summed E-state index contributed by atoms with van der Waals surface area (Å²) >= 11 is 9.14. The number of nitrogens with one attached hydrogen (secondary N) is 1. The first-order chi connectivity index (χ1) is 9.44. The first-order valence-corrected chi connectivity index (χ1v) is 8.05. The zero-order valence-corrected chi connectivity index (χ0v) is 13.5. The van der Waals surface area contributed by atoms with Crippen LogP contribution in [0.15, 0.2) is 46.0 Å². The van der Waals surface area contributed by atoms with Crippen LogP contribution in [0.3, 0.4) is 0 Å². The third-order valence-electron chi connectivity index (χ3n) is 2.45. The molecule has 0 saturated heterocycles. The number of nitrogens with zero attached hydrogens (tertiary/aromatic N) is 1. The maximum atomic E-state index is 12.2. The van der Waals surface area contributed by atoms with E-state index in [-0.39, 0.29) is 15.6 Å². The molecule has 0 unspecified atom stereocenters. The summed E-state index contributed by atoms with van der Waals surface area (Å²) in [6.07, 6.45) is 2.82. The summed E-state index contributed by atoms with van der Waals surface area (Å²) in [7, 11) is -2.24. The highest BCUT2D eigenvalue weighted by molar-refractivity contribution is 9.10. The second-order valence-corrected chi connectivity index (χ2v) is 6.70. The highest BCUT2D eigenvalue weighted by Gasteiger charge is 2.17. The predicted molar refractivity (Wildman–Crippen MR) is 80.7 cm³/mol. The number of ether oxygens (including phenoxy) is 1. The van der Waals surface area contributed by atoms with Crippen LogP contribution in [0.2, 0.25) is 5.02 Å². The minimum atomic E-state index is -3.74. The second-order valence-electron chi connectivity index (χ2n) is 3.76. The molecule has 1 heterocycles. The molecule has 0 bridgehead atoms. The molecule has 2 rings (SSSR count). The zero-order chi connectivity index (χ0) is 14.8. The normalized spacial score (nSPS) is 11.2. The first kappa shape index (κ1) is 15.1. The number of hydrogen-bond donors (Lipinski definition) is 1. The van der Waals surface area contributed by atoms with Crippen LogP contribution in [-0.2, 0) is 10.0 Å². The van der Waals surface area contributed by atoms with Crippen molar-refractivity contribution in [1.82, 2.24) is 4.98 Å². The predicted octanol–water partition coefficient (Wildman–Crippen LogP) is 3.31. The molecule has 0 saturated carbocycles. The third kappa shape index (κ3) is 3.23. The van der Waals surface area contributed by atoms with Crippen LogP contribution < -0.4 is 9.46 Å². The lowest BCUT2D eigenvalue weighted by molar-refractivity contribution is 0.411. The Balaban J connectivity index is 2.36. The van der Waals surface area contributed by atoms with Gasteiger partial charge in [-0.15, -0.1) is 0 Å². The van der Waals surface area contributed by atoms with Crippen molar-refractivity contribution < 1.29 is 13.2 Å². The molecule has 8 heteroatoms. The molecule has 106 valence electrons. The molecule has 2 aromatic rings. The van der Waals surface area contributed by atoms with Gasteiger partial charge < -0.3 is 4.74 Å². The van der Waals surface area contributed by atoms with Gasteiger partial charge in [0.25, 0.3) is 10.0 Å². The van der Waals surface area contributed by atoms with E-state index in [2.05, 4.69) is 25.6 Å². The molecule has 1 aromatic heterocycles. The van der Waals surface area contributed by atoms with Crippen molar-refractivity contribution in [2.24, 2.45) is 0 Å². The van der Waals surface area contributed by atoms with Gasteiger partial charge in [0.1, 0.15) is 5.75 Å². The molecule has 0 aliphatic carbocycles. The molecular weight excluding hydrogens is 368 g/mol. The van der Waals surface area contributed by atoms with Crippen LogP contribution in [-0.4, -0.2) is 20.5 Å². The number of rotatable bonds is 4. The van der Waals surface area contributed by atoms with Gasteiger partial charge in [0, 0.05) is 6.20 Å². The number of halogens is 2. The lowest BCUT2D eigenvalue weighted by Gasteiger charge is -2.10.